The number of likely N-dealkylation sites (N-methyl/N-ethyl adjacent to an activating group) is 1. The van der Waals surface area contributed by atoms with Crippen molar-refractivity contribution in [2.45, 2.75) is 19.3 Å². The highest BCUT2D eigenvalue weighted by Crippen LogP contribution is 2.04. The lowest BCUT2D eigenvalue weighted by Crippen LogP contribution is -2.23. The Labute approximate surface area is 104 Å². The minimum atomic E-state index is -0.158. The normalized spacial score (nSPS) is 11.1. The average molecular weight is 238 g/mol. The first-order chi connectivity index (χ1) is 8.22. The smallest absolute Gasteiger partial charge is 0.123 e. The van der Waals surface area contributed by atoms with Crippen molar-refractivity contribution in [3.63, 3.8) is 0 Å². The summed E-state index contributed by atoms with van der Waals surface area (Å²) < 4.78 is 12.7. The molecule has 0 amide bonds. The van der Waals surface area contributed by atoms with E-state index in [0.717, 1.165) is 26.1 Å². The molecule has 0 aliphatic heterocycles. The van der Waals surface area contributed by atoms with Gasteiger partial charge in [-0.2, -0.15) is 0 Å². The molecule has 0 aromatic heterocycles. The van der Waals surface area contributed by atoms with Crippen LogP contribution < -0.4 is 5.32 Å². The van der Waals surface area contributed by atoms with Crippen molar-refractivity contribution in [2.75, 3.05) is 33.7 Å². The molecule has 2 nitrogen and oxygen atoms in total. The highest BCUT2D eigenvalue weighted by molar-refractivity contribution is 5.16. The number of hydrogen-bond acceptors (Lipinski definition) is 2. The van der Waals surface area contributed by atoms with E-state index in [2.05, 4.69) is 17.3 Å². The molecule has 0 saturated heterocycles. The number of hydrogen-bond donors (Lipinski definition) is 1. The van der Waals surface area contributed by atoms with Crippen LogP contribution in [-0.2, 0) is 6.42 Å². The SMILES string of the molecule is CNCCCCN(C)CCc1ccc(F)cc1. The highest BCUT2D eigenvalue weighted by atomic mass is 19.1. The van der Waals surface area contributed by atoms with Gasteiger partial charge in [-0.1, -0.05) is 12.1 Å². The molecule has 96 valence electrons. The van der Waals surface area contributed by atoms with Crippen molar-refractivity contribution in [3.05, 3.63) is 35.6 Å². The second kappa shape index (κ2) is 8.20. The Hall–Kier alpha value is -0.930. The van der Waals surface area contributed by atoms with Crippen LogP contribution >= 0.6 is 0 Å². The first-order valence-corrected chi connectivity index (χ1v) is 6.30. The lowest BCUT2D eigenvalue weighted by atomic mass is 10.1. The molecular weight excluding hydrogens is 215 g/mol. The van der Waals surface area contributed by atoms with E-state index in [1.54, 1.807) is 0 Å². The van der Waals surface area contributed by atoms with Crippen molar-refractivity contribution in [3.8, 4) is 0 Å². The summed E-state index contributed by atoms with van der Waals surface area (Å²) in [6, 6.07) is 6.79. The molecule has 0 aliphatic carbocycles. The van der Waals surface area contributed by atoms with Crippen LogP contribution in [0.5, 0.6) is 0 Å². The molecule has 17 heavy (non-hydrogen) atoms. The van der Waals surface area contributed by atoms with Crippen molar-refractivity contribution >= 4 is 0 Å². The van der Waals surface area contributed by atoms with Gasteiger partial charge in [-0.05, 0) is 64.1 Å². The first-order valence-electron chi connectivity index (χ1n) is 6.30. The maximum absolute atomic E-state index is 12.7. The predicted octanol–water partition coefficient (Wildman–Crippen LogP) is 2.30. The second-order valence-corrected chi connectivity index (χ2v) is 4.49. The summed E-state index contributed by atoms with van der Waals surface area (Å²) in [4.78, 5) is 2.33. The Morgan fingerprint density at radius 3 is 2.47 bits per heavy atom. The van der Waals surface area contributed by atoms with Gasteiger partial charge in [0.25, 0.3) is 0 Å². The number of benzene rings is 1. The number of halogens is 1. The first kappa shape index (κ1) is 14.1. The average Bonchev–Trinajstić information content (AvgIpc) is 2.34. The Kier molecular flexibility index (Phi) is 6.82. The van der Waals surface area contributed by atoms with Crippen LogP contribution in [0.15, 0.2) is 24.3 Å². The van der Waals surface area contributed by atoms with Crippen molar-refractivity contribution < 1.29 is 4.39 Å². The van der Waals surface area contributed by atoms with Gasteiger partial charge in [-0.3, -0.25) is 0 Å². The summed E-state index contributed by atoms with van der Waals surface area (Å²) in [5, 5.41) is 3.15. The van der Waals surface area contributed by atoms with E-state index >= 15 is 0 Å². The Morgan fingerprint density at radius 1 is 1.12 bits per heavy atom. The molecule has 1 N–H and O–H groups in total. The highest BCUT2D eigenvalue weighted by Gasteiger charge is 1.99. The topological polar surface area (TPSA) is 15.3 Å². The Balaban J connectivity index is 2.14. The maximum atomic E-state index is 12.7. The van der Waals surface area contributed by atoms with Crippen molar-refractivity contribution in [1.82, 2.24) is 10.2 Å². The van der Waals surface area contributed by atoms with Gasteiger partial charge in [0.05, 0.1) is 0 Å². The molecule has 0 fully saturated rings. The van der Waals surface area contributed by atoms with E-state index in [-0.39, 0.29) is 5.82 Å². The molecule has 0 bridgehead atoms. The zero-order chi connectivity index (χ0) is 12.5. The monoisotopic (exact) mass is 238 g/mol. The summed E-state index contributed by atoms with van der Waals surface area (Å²) >= 11 is 0. The molecule has 0 heterocycles. The van der Waals surface area contributed by atoms with E-state index in [1.807, 2.05) is 19.2 Å². The molecule has 1 aromatic carbocycles. The minimum absolute atomic E-state index is 0.158. The molecule has 0 atom stereocenters. The fourth-order valence-corrected chi connectivity index (χ4v) is 1.77. The molecule has 0 saturated carbocycles. The molecule has 0 spiro atoms. The Morgan fingerprint density at radius 2 is 1.82 bits per heavy atom. The Bertz CT molecular complexity index is 298. The number of nitrogens with zero attached hydrogens (tertiary/aromatic N) is 1. The van der Waals surface area contributed by atoms with Gasteiger partial charge in [0.1, 0.15) is 5.82 Å². The predicted molar refractivity (Wildman–Crippen MR) is 70.8 cm³/mol. The summed E-state index contributed by atoms with van der Waals surface area (Å²) in [7, 11) is 4.13. The minimum Gasteiger partial charge on any atom is -0.320 e. The molecule has 1 aromatic rings. The molecule has 0 unspecified atom stereocenters. The fourth-order valence-electron chi connectivity index (χ4n) is 1.77. The summed E-state index contributed by atoms with van der Waals surface area (Å²) in [5.74, 6) is -0.158. The third-order valence-electron chi connectivity index (χ3n) is 2.91. The van der Waals surface area contributed by atoms with Crippen molar-refractivity contribution in [2.24, 2.45) is 0 Å². The number of nitrogens with one attached hydrogen (secondary N) is 1. The van der Waals surface area contributed by atoms with Crippen LogP contribution in [0.25, 0.3) is 0 Å². The van der Waals surface area contributed by atoms with Crippen LogP contribution in [0.4, 0.5) is 4.39 Å². The second-order valence-electron chi connectivity index (χ2n) is 4.49. The third-order valence-corrected chi connectivity index (χ3v) is 2.91. The zero-order valence-corrected chi connectivity index (χ0v) is 10.9. The van der Waals surface area contributed by atoms with Gasteiger partial charge in [-0.15, -0.1) is 0 Å². The third kappa shape index (κ3) is 6.39. The van der Waals surface area contributed by atoms with Gasteiger partial charge in [-0.25, -0.2) is 4.39 Å². The fraction of sp³-hybridized carbons (Fsp3) is 0.571. The van der Waals surface area contributed by atoms with E-state index in [9.17, 15) is 4.39 Å². The van der Waals surface area contributed by atoms with E-state index < -0.39 is 0 Å². The quantitative estimate of drug-likeness (QED) is 0.699. The van der Waals surface area contributed by atoms with Crippen LogP contribution in [0, 0.1) is 5.82 Å². The van der Waals surface area contributed by atoms with Gasteiger partial charge >= 0.3 is 0 Å². The maximum Gasteiger partial charge on any atom is 0.123 e. The molecule has 3 heteroatoms. The van der Waals surface area contributed by atoms with Gasteiger partial charge < -0.3 is 10.2 Å². The molecule has 1 rings (SSSR count). The van der Waals surface area contributed by atoms with Gasteiger partial charge in [0.15, 0.2) is 0 Å². The molecule has 0 aliphatic rings. The lowest BCUT2D eigenvalue weighted by molar-refractivity contribution is 0.329. The van der Waals surface area contributed by atoms with Gasteiger partial charge in [0.2, 0.25) is 0 Å². The zero-order valence-electron chi connectivity index (χ0n) is 10.9. The molecular formula is C14H23FN2. The van der Waals surface area contributed by atoms with E-state index in [0.29, 0.717) is 0 Å². The van der Waals surface area contributed by atoms with E-state index in [1.165, 1.54) is 30.5 Å². The van der Waals surface area contributed by atoms with Crippen molar-refractivity contribution in [1.29, 1.82) is 0 Å². The van der Waals surface area contributed by atoms with Crippen LogP contribution in [0.3, 0.4) is 0 Å². The summed E-state index contributed by atoms with van der Waals surface area (Å²) in [6.07, 6.45) is 3.43. The largest absolute Gasteiger partial charge is 0.320 e. The van der Waals surface area contributed by atoms with Crippen LogP contribution in [0.1, 0.15) is 18.4 Å². The number of rotatable bonds is 8. The van der Waals surface area contributed by atoms with E-state index in [4.69, 9.17) is 0 Å². The summed E-state index contributed by atoms with van der Waals surface area (Å²) in [6.45, 7) is 3.25. The lowest BCUT2D eigenvalue weighted by Gasteiger charge is -2.16. The molecule has 0 radical (unpaired) electrons. The van der Waals surface area contributed by atoms with Crippen LogP contribution in [0.2, 0.25) is 0 Å². The standard InChI is InChI=1S/C14H23FN2/c1-16-10-3-4-11-17(2)12-9-13-5-7-14(15)8-6-13/h5-8,16H,3-4,9-12H2,1-2H3. The van der Waals surface area contributed by atoms with Gasteiger partial charge in [0, 0.05) is 6.54 Å². The van der Waals surface area contributed by atoms with Crippen LogP contribution in [-0.4, -0.2) is 38.6 Å². The number of unbranched alkanes of at least 4 members (excludes halogenated alkanes) is 1. The summed E-state index contributed by atoms with van der Waals surface area (Å²) in [5.41, 5.74) is 1.20.